The van der Waals surface area contributed by atoms with Crippen molar-refractivity contribution in [3.8, 4) is 0 Å². The molecule has 0 aromatic heterocycles. The zero-order chi connectivity index (χ0) is 19.4. The van der Waals surface area contributed by atoms with Crippen LogP contribution in [0, 0.1) is 10.8 Å². The highest BCUT2D eigenvalue weighted by Gasteiger charge is 2.38. The van der Waals surface area contributed by atoms with E-state index in [1.165, 1.54) is 0 Å². The normalized spacial score (nSPS) is 19.8. The Bertz CT molecular complexity index is 698. The van der Waals surface area contributed by atoms with E-state index in [-0.39, 0.29) is 18.2 Å². The number of likely N-dealkylation sites (tertiary alicyclic amines) is 2. The SMILES string of the molecule is N=C(N)c1ccc(C(=O)N2CCC3(CCN(CCC(=O)O)CC3)CC2)cc1. The Kier molecular flexibility index (Phi) is 5.79. The topological polar surface area (TPSA) is 111 Å². The molecule has 7 heteroatoms. The van der Waals surface area contributed by atoms with Gasteiger partial charge in [-0.1, -0.05) is 12.1 Å². The van der Waals surface area contributed by atoms with Gasteiger partial charge in [-0.05, 0) is 56.3 Å². The van der Waals surface area contributed by atoms with Crippen LogP contribution in [-0.2, 0) is 4.79 Å². The third-order valence-electron chi connectivity index (χ3n) is 6.11. The number of amidine groups is 1. The number of nitrogen functional groups attached to an aromatic ring is 1. The van der Waals surface area contributed by atoms with Crippen molar-refractivity contribution in [1.82, 2.24) is 9.80 Å². The highest BCUT2D eigenvalue weighted by Crippen LogP contribution is 2.41. The summed E-state index contributed by atoms with van der Waals surface area (Å²) in [4.78, 5) is 27.6. The summed E-state index contributed by atoms with van der Waals surface area (Å²) in [6.45, 7) is 4.07. The molecule has 0 unspecified atom stereocenters. The largest absolute Gasteiger partial charge is 0.481 e. The first-order valence-corrected chi connectivity index (χ1v) is 9.56. The molecule has 2 aliphatic heterocycles. The van der Waals surface area contributed by atoms with Crippen molar-refractivity contribution in [2.24, 2.45) is 11.1 Å². The number of hydrogen-bond donors (Lipinski definition) is 3. The summed E-state index contributed by atoms with van der Waals surface area (Å²) >= 11 is 0. The molecule has 7 nitrogen and oxygen atoms in total. The third-order valence-corrected chi connectivity index (χ3v) is 6.11. The van der Waals surface area contributed by atoms with Gasteiger partial charge in [-0.25, -0.2) is 0 Å². The number of nitrogens with one attached hydrogen (secondary N) is 1. The Balaban J connectivity index is 1.51. The Hall–Kier alpha value is -2.41. The molecule has 27 heavy (non-hydrogen) atoms. The summed E-state index contributed by atoms with van der Waals surface area (Å²) in [5, 5.41) is 16.3. The predicted molar refractivity (Wildman–Crippen MR) is 103 cm³/mol. The van der Waals surface area contributed by atoms with Gasteiger partial charge in [0, 0.05) is 30.8 Å². The quantitative estimate of drug-likeness (QED) is 0.539. The first kappa shape index (κ1) is 19.4. The summed E-state index contributed by atoms with van der Waals surface area (Å²) in [5.74, 6) is -0.694. The maximum Gasteiger partial charge on any atom is 0.304 e. The lowest BCUT2D eigenvalue weighted by Gasteiger charge is -2.47. The van der Waals surface area contributed by atoms with Crippen molar-refractivity contribution >= 4 is 17.7 Å². The van der Waals surface area contributed by atoms with E-state index in [0.717, 1.165) is 51.9 Å². The molecule has 0 radical (unpaired) electrons. The lowest BCUT2D eigenvalue weighted by atomic mass is 9.71. The zero-order valence-corrected chi connectivity index (χ0v) is 15.6. The standard InChI is InChI=1S/C20H28N4O3/c21-18(22)15-1-3-16(4-2-15)19(27)24-13-8-20(9-14-24)6-11-23(12-7-20)10-5-17(25)26/h1-4H,5-14H2,(H3,21,22)(H,25,26). The van der Waals surface area contributed by atoms with Crippen LogP contribution in [0.1, 0.15) is 48.0 Å². The zero-order valence-electron chi connectivity index (χ0n) is 15.6. The van der Waals surface area contributed by atoms with Crippen LogP contribution in [0.4, 0.5) is 0 Å². The number of piperidine rings is 2. The minimum Gasteiger partial charge on any atom is -0.481 e. The molecule has 2 aliphatic rings. The van der Waals surface area contributed by atoms with E-state index in [9.17, 15) is 9.59 Å². The van der Waals surface area contributed by atoms with Gasteiger partial charge in [0.2, 0.25) is 0 Å². The molecule has 4 N–H and O–H groups in total. The molecular formula is C20H28N4O3. The van der Waals surface area contributed by atoms with E-state index in [2.05, 4.69) is 4.90 Å². The Morgan fingerprint density at radius 3 is 2.04 bits per heavy atom. The molecule has 0 atom stereocenters. The van der Waals surface area contributed by atoms with E-state index in [4.69, 9.17) is 16.2 Å². The number of hydrogen-bond acceptors (Lipinski definition) is 4. The molecule has 2 fully saturated rings. The number of carbonyl (C=O) groups excluding carboxylic acids is 1. The average Bonchev–Trinajstić information content (AvgIpc) is 2.68. The van der Waals surface area contributed by atoms with Gasteiger partial charge >= 0.3 is 5.97 Å². The van der Waals surface area contributed by atoms with Crippen LogP contribution in [0.2, 0.25) is 0 Å². The number of aliphatic carboxylic acids is 1. The van der Waals surface area contributed by atoms with Crippen LogP contribution in [0.15, 0.2) is 24.3 Å². The van der Waals surface area contributed by atoms with E-state index in [0.29, 0.717) is 23.1 Å². The minimum atomic E-state index is -0.738. The highest BCUT2D eigenvalue weighted by atomic mass is 16.4. The summed E-state index contributed by atoms with van der Waals surface area (Å²) in [6, 6.07) is 6.91. The second-order valence-electron chi connectivity index (χ2n) is 7.77. The maximum absolute atomic E-state index is 12.7. The van der Waals surface area contributed by atoms with Gasteiger partial charge in [0.25, 0.3) is 5.91 Å². The molecule has 2 saturated heterocycles. The third kappa shape index (κ3) is 4.66. The molecule has 146 valence electrons. The lowest BCUT2D eigenvalue weighted by Crippen LogP contribution is -2.48. The van der Waals surface area contributed by atoms with Crippen LogP contribution in [0.5, 0.6) is 0 Å². The Labute approximate surface area is 159 Å². The second-order valence-corrected chi connectivity index (χ2v) is 7.77. The monoisotopic (exact) mass is 372 g/mol. The number of carbonyl (C=O) groups is 2. The number of nitrogens with two attached hydrogens (primary N) is 1. The van der Waals surface area contributed by atoms with Gasteiger partial charge in [-0.2, -0.15) is 0 Å². The number of carboxylic acid groups (broad SMARTS) is 1. The summed E-state index contributed by atoms with van der Waals surface area (Å²) in [5.41, 5.74) is 7.02. The average molecular weight is 372 g/mol. The predicted octanol–water partition coefficient (Wildman–Crippen LogP) is 1.76. The maximum atomic E-state index is 12.7. The first-order chi connectivity index (χ1) is 12.9. The smallest absolute Gasteiger partial charge is 0.304 e. The van der Waals surface area contributed by atoms with Crippen molar-refractivity contribution in [3.05, 3.63) is 35.4 Å². The molecule has 3 rings (SSSR count). The van der Waals surface area contributed by atoms with E-state index >= 15 is 0 Å². The number of amides is 1. The van der Waals surface area contributed by atoms with Crippen molar-refractivity contribution < 1.29 is 14.7 Å². The number of carboxylic acids is 1. The molecule has 2 heterocycles. The Morgan fingerprint density at radius 1 is 1.00 bits per heavy atom. The fraction of sp³-hybridized carbons (Fsp3) is 0.550. The molecule has 0 saturated carbocycles. The van der Waals surface area contributed by atoms with Crippen LogP contribution in [0.25, 0.3) is 0 Å². The van der Waals surface area contributed by atoms with Crippen molar-refractivity contribution in [2.75, 3.05) is 32.7 Å². The Morgan fingerprint density at radius 2 is 1.52 bits per heavy atom. The fourth-order valence-electron chi connectivity index (χ4n) is 4.16. The van der Waals surface area contributed by atoms with Crippen molar-refractivity contribution in [1.29, 1.82) is 5.41 Å². The van der Waals surface area contributed by atoms with E-state index in [1.807, 2.05) is 4.90 Å². The van der Waals surface area contributed by atoms with E-state index < -0.39 is 5.97 Å². The second kappa shape index (κ2) is 8.08. The molecule has 1 spiro atoms. The molecular weight excluding hydrogens is 344 g/mol. The molecule has 1 aromatic rings. The molecule has 0 bridgehead atoms. The van der Waals surface area contributed by atoms with Crippen LogP contribution >= 0.6 is 0 Å². The molecule has 1 amide bonds. The van der Waals surface area contributed by atoms with Gasteiger partial charge < -0.3 is 20.6 Å². The van der Waals surface area contributed by atoms with Gasteiger partial charge in [0.1, 0.15) is 5.84 Å². The summed E-state index contributed by atoms with van der Waals surface area (Å²) in [6.07, 6.45) is 4.40. The highest BCUT2D eigenvalue weighted by molar-refractivity contribution is 5.98. The van der Waals surface area contributed by atoms with Gasteiger partial charge in [-0.15, -0.1) is 0 Å². The molecule has 0 aliphatic carbocycles. The van der Waals surface area contributed by atoms with Gasteiger partial charge in [-0.3, -0.25) is 15.0 Å². The van der Waals surface area contributed by atoms with Crippen molar-refractivity contribution in [2.45, 2.75) is 32.1 Å². The number of rotatable bonds is 5. The lowest BCUT2D eigenvalue weighted by molar-refractivity contribution is -0.137. The van der Waals surface area contributed by atoms with Crippen LogP contribution in [0.3, 0.4) is 0 Å². The van der Waals surface area contributed by atoms with Crippen LogP contribution in [-0.4, -0.2) is 65.3 Å². The van der Waals surface area contributed by atoms with Crippen molar-refractivity contribution in [3.63, 3.8) is 0 Å². The van der Waals surface area contributed by atoms with Gasteiger partial charge in [0.05, 0.1) is 6.42 Å². The number of nitrogens with zero attached hydrogens (tertiary/aromatic N) is 2. The summed E-state index contributed by atoms with van der Waals surface area (Å²) < 4.78 is 0. The fourth-order valence-corrected chi connectivity index (χ4v) is 4.16. The molecule has 1 aromatic carbocycles. The van der Waals surface area contributed by atoms with Crippen LogP contribution < -0.4 is 5.73 Å². The van der Waals surface area contributed by atoms with E-state index in [1.54, 1.807) is 24.3 Å². The first-order valence-electron chi connectivity index (χ1n) is 9.56. The minimum absolute atomic E-state index is 0.00334. The van der Waals surface area contributed by atoms with Gasteiger partial charge in [0.15, 0.2) is 0 Å². The summed E-state index contributed by atoms with van der Waals surface area (Å²) in [7, 11) is 0. The number of benzene rings is 1.